The zero-order valence-electron chi connectivity index (χ0n) is 9.27. The van der Waals surface area contributed by atoms with Crippen molar-refractivity contribution in [3.63, 3.8) is 0 Å². The molecule has 0 unspecified atom stereocenters. The van der Waals surface area contributed by atoms with Crippen molar-refractivity contribution in [1.29, 1.82) is 0 Å². The summed E-state index contributed by atoms with van der Waals surface area (Å²) in [6, 6.07) is 3.62. The van der Waals surface area contributed by atoms with Crippen molar-refractivity contribution in [3.8, 4) is 0 Å². The van der Waals surface area contributed by atoms with E-state index in [0.717, 1.165) is 17.2 Å². The number of nitrogens with two attached hydrogens (primary N) is 1. The number of hydrazine groups is 1. The van der Waals surface area contributed by atoms with E-state index < -0.39 is 0 Å². The molecule has 1 aromatic rings. The van der Waals surface area contributed by atoms with Gasteiger partial charge in [0.2, 0.25) is 0 Å². The lowest BCUT2D eigenvalue weighted by atomic mass is 10.3. The number of hydrogen-bond acceptors (Lipinski definition) is 4. The van der Waals surface area contributed by atoms with Crippen LogP contribution < -0.4 is 16.6 Å². The Hall–Kier alpha value is -2.07. The maximum Gasteiger partial charge on any atom is 0.132 e. The van der Waals surface area contributed by atoms with Crippen LogP contribution in [-0.4, -0.2) is 4.98 Å². The summed E-state index contributed by atoms with van der Waals surface area (Å²) in [5.74, 6) is 6.05. The average Bonchev–Trinajstić information content (AvgIpc) is 2.34. The topological polar surface area (TPSA) is 63.0 Å². The first kappa shape index (κ1) is 12.0. The Bertz CT molecular complexity index is 407. The minimum atomic E-state index is 0.734. The zero-order chi connectivity index (χ0) is 11.8. The predicted octanol–water partition coefficient (Wildman–Crippen LogP) is 2.43. The van der Waals surface area contributed by atoms with Crippen LogP contribution in [0.4, 0.5) is 11.5 Å². The smallest absolute Gasteiger partial charge is 0.132 e. The molecule has 1 aromatic heterocycles. The van der Waals surface area contributed by atoms with Crippen LogP contribution in [0.15, 0.2) is 54.9 Å². The molecule has 16 heavy (non-hydrogen) atoms. The lowest BCUT2D eigenvalue weighted by Crippen LogP contribution is -2.07. The monoisotopic (exact) mass is 216 g/mol. The Morgan fingerprint density at radius 2 is 2.38 bits per heavy atom. The number of anilines is 2. The van der Waals surface area contributed by atoms with Crippen molar-refractivity contribution >= 4 is 11.5 Å². The Labute approximate surface area is 95.5 Å². The Morgan fingerprint density at radius 1 is 1.56 bits per heavy atom. The third-order valence-electron chi connectivity index (χ3n) is 1.92. The first-order valence-corrected chi connectivity index (χ1v) is 4.95. The number of nitrogens with one attached hydrogen (secondary N) is 2. The van der Waals surface area contributed by atoms with Crippen molar-refractivity contribution < 1.29 is 0 Å². The number of nitrogens with zero attached hydrogens (tertiary/aromatic N) is 1. The molecular formula is C12H16N4. The summed E-state index contributed by atoms with van der Waals surface area (Å²) in [6.45, 7) is 5.56. The maximum atomic E-state index is 5.31. The SMILES string of the molecule is C=C/C=C\C(=C/C)Nc1cc(NN)ccn1. The predicted molar refractivity (Wildman–Crippen MR) is 68.8 cm³/mol. The number of rotatable bonds is 5. The number of hydrogen-bond donors (Lipinski definition) is 3. The number of allylic oxidation sites excluding steroid dienone is 4. The van der Waals surface area contributed by atoms with Crippen LogP contribution in [0.1, 0.15) is 6.92 Å². The van der Waals surface area contributed by atoms with Crippen LogP contribution >= 0.6 is 0 Å². The maximum absolute atomic E-state index is 5.31. The molecule has 0 saturated carbocycles. The van der Waals surface area contributed by atoms with Gasteiger partial charge in [-0.15, -0.1) is 0 Å². The van der Waals surface area contributed by atoms with Gasteiger partial charge in [-0.2, -0.15) is 0 Å². The first-order valence-electron chi connectivity index (χ1n) is 4.95. The van der Waals surface area contributed by atoms with Gasteiger partial charge >= 0.3 is 0 Å². The van der Waals surface area contributed by atoms with E-state index in [1.807, 2.05) is 31.2 Å². The molecule has 0 radical (unpaired) electrons. The molecule has 0 aliphatic heterocycles. The molecule has 0 atom stereocenters. The molecule has 0 fully saturated rings. The average molecular weight is 216 g/mol. The van der Waals surface area contributed by atoms with E-state index in [1.165, 1.54) is 0 Å². The highest BCUT2D eigenvalue weighted by Gasteiger charge is 1.96. The standard InChI is InChI=1S/C12H16N4/c1-3-5-6-10(4-2)15-12-9-11(16-13)7-8-14-12/h3-9H,1,13H2,2H3,(H2,14,15,16)/b6-5-,10-4+. The molecule has 4 nitrogen and oxygen atoms in total. The van der Waals surface area contributed by atoms with Crippen LogP contribution in [0.5, 0.6) is 0 Å². The minimum absolute atomic E-state index is 0.734. The van der Waals surface area contributed by atoms with Crippen molar-refractivity contribution in [2.75, 3.05) is 10.7 Å². The van der Waals surface area contributed by atoms with Gasteiger partial charge in [0.15, 0.2) is 0 Å². The fourth-order valence-electron chi connectivity index (χ4n) is 1.12. The second-order valence-corrected chi connectivity index (χ2v) is 3.04. The van der Waals surface area contributed by atoms with Crippen LogP contribution in [0, 0.1) is 0 Å². The summed E-state index contributed by atoms with van der Waals surface area (Å²) >= 11 is 0. The molecule has 0 aliphatic carbocycles. The third-order valence-corrected chi connectivity index (χ3v) is 1.92. The molecule has 0 amide bonds. The van der Waals surface area contributed by atoms with E-state index in [0.29, 0.717) is 0 Å². The molecule has 0 bridgehead atoms. The van der Waals surface area contributed by atoms with E-state index in [2.05, 4.69) is 22.3 Å². The van der Waals surface area contributed by atoms with Gasteiger partial charge in [-0.05, 0) is 19.1 Å². The van der Waals surface area contributed by atoms with Crippen LogP contribution in [0.3, 0.4) is 0 Å². The summed E-state index contributed by atoms with van der Waals surface area (Å²) in [5, 5.41) is 3.16. The van der Waals surface area contributed by atoms with Gasteiger partial charge in [-0.3, -0.25) is 5.84 Å². The molecule has 0 aliphatic rings. The van der Waals surface area contributed by atoms with Gasteiger partial charge in [0, 0.05) is 18.0 Å². The summed E-state index contributed by atoms with van der Waals surface area (Å²) in [4.78, 5) is 4.18. The normalized spacial score (nSPS) is 11.5. The highest BCUT2D eigenvalue weighted by Crippen LogP contribution is 2.12. The third kappa shape index (κ3) is 3.59. The van der Waals surface area contributed by atoms with Crippen LogP contribution in [-0.2, 0) is 0 Å². The zero-order valence-corrected chi connectivity index (χ0v) is 9.27. The second-order valence-electron chi connectivity index (χ2n) is 3.04. The Kier molecular flexibility index (Phi) is 4.82. The highest BCUT2D eigenvalue weighted by atomic mass is 15.2. The fourth-order valence-corrected chi connectivity index (χ4v) is 1.12. The van der Waals surface area contributed by atoms with E-state index in [1.54, 1.807) is 18.3 Å². The van der Waals surface area contributed by atoms with E-state index >= 15 is 0 Å². The van der Waals surface area contributed by atoms with E-state index in [4.69, 9.17) is 5.84 Å². The number of aromatic nitrogens is 1. The second kappa shape index (κ2) is 6.42. The summed E-state index contributed by atoms with van der Waals surface area (Å²) < 4.78 is 0. The minimum Gasteiger partial charge on any atom is -0.340 e. The molecule has 84 valence electrons. The first-order chi connectivity index (χ1) is 7.80. The molecule has 4 N–H and O–H groups in total. The Morgan fingerprint density at radius 3 is 3.00 bits per heavy atom. The van der Waals surface area contributed by atoms with Crippen molar-refractivity contribution in [3.05, 3.63) is 54.9 Å². The summed E-state index contributed by atoms with van der Waals surface area (Å²) in [6.07, 6.45) is 9.12. The molecule has 1 rings (SSSR count). The van der Waals surface area contributed by atoms with Gasteiger partial charge in [-0.1, -0.05) is 24.8 Å². The molecule has 0 spiro atoms. The van der Waals surface area contributed by atoms with Crippen molar-refractivity contribution in [2.24, 2.45) is 5.84 Å². The van der Waals surface area contributed by atoms with Gasteiger partial charge in [0.25, 0.3) is 0 Å². The molecule has 0 saturated heterocycles. The molecule has 0 aromatic carbocycles. The largest absolute Gasteiger partial charge is 0.340 e. The lowest BCUT2D eigenvalue weighted by Gasteiger charge is -2.07. The van der Waals surface area contributed by atoms with E-state index in [9.17, 15) is 0 Å². The van der Waals surface area contributed by atoms with Gasteiger partial charge in [0.05, 0.1) is 5.69 Å². The van der Waals surface area contributed by atoms with Gasteiger partial charge in [-0.25, -0.2) is 4.98 Å². The quantitative estimate of drug-likeness (QED) is 0.402. The fraction of sp³-hybridized carbons (Fsp3) is 0.0833. The van der Waals surface area contributed by atoms with Crippen LogP contribution in [0.25, 0.3) is 0 Å². The van der Waals surface area contributed by atoms with Gasteiger partial charge in [0.1, 0.15) is 5.82 Å². The molecular weight excluding hydrogens is 200 g/mol. The number of nitrogen functional groups attached to an aromatic ring is 1. The Balaban J connectivity index is 2.78. The lowest BCUT2D eigenvalue weighted by molar-refractivity contribution is 1.26. The summed E-state index contributed by atoms with van der Waals surface area (Å²) in [5.41, 5.74) is 4.32. The van der Waals surface area contributed by atoms with Crippen molar-refractivity contribution in [1.82, 2.24) is 4.98 Å². The van der Waals surface area contributed by atoms with E-state index in [-0.39, 0.29) is 0 Å². The van der Waals surface area contributed by atoms with Crippen molar-refractivity contribution in [2.45, 2.75) is 6.92 Å². The van der Waals surface area contributed by atoms with Crippen LogP contribution in [0.2, 0.25) is 0 Å². The molecule has 4 heteroatoms. The highest BCUT2D eigenvalue weighted by molar-refractivity contribution is 5.54. The van der Waals surface area contributed by atoms with Gasteiger partial charge < -0.3 is 10.7 Å². The molecule has 1 heterocycles. The number of pyridine rings is 1. The summed E-state index contributed by atoms with van der Waals surface area (Å²) in [7, 11) is 0.